The lowest BCUT2D eigenvalue weighted by molar-refractivity contribution is 0.669. The largest absolute Gasteiger partial charge is 0.456 e. The summed E-state index contributed by atoms with van der Waals surface area (Å²) in [7, 11) is 0. The third kappa shape index (κ3) is 4.28. The normalized spacial score (nSPS) is 16.7. The Morgan fingerprint density at radius 2 is 1.16 bits per heavy atom. The van der Waals surface area contributed by atoms with Crippen LogP contribution >= 0.6 is 0 Å². The second-order valence-corrected chi connectivity index (χ2v) is 11.8. The van der Waals surface area contributed by atoms with Crippen LogP contribution in [0.15, 0.2) is 174 Å². The standard InChI is InChI=1S/C42H30N2O/c1-2-10-29(11-3-1)30-18-20-31(21-19-30)43(34-26-27-38-37-14-6-9-17-41(37)45-42(38)28-34)32-22-24-33(25-23-32)44-39-15-7-4-12-35(39)36-13-5-8-16-40(36)44/h1-28,35,39H. The van der Waals surface area contributed by atoms with Crippen LogP contribution in [0.2, 0.25) is 0 Å². The SMILES string of the molecule is C1=CC2c3ccccc3N(c3ccc(N(c4ccc(-c5ccccc5)cc4)c4ccc5c(c4)oc4ccccc45)cc3)C2C=C1. The molecule has 214 valence electrons. The number of fused-ring (bicyclic) bond motifs is 6. The molecule has 0 saturated heterocycles. The molecular weight excluding hydrogens is 548 g/mol. The van der Waals surface area contributed by atoms with E-state index in [1.165, 1.54) is 28.1 Å². The van der Waals surface area contributed by atoms with Crippen molar-refractivity contribution in [3.63, 3.8) is 0 Å². The third-order valence-corrected chi connectivity index (χ3v) is 9.20. The molecule has 2 aliphatic rings. The smallest absolute Gasteiger partial charge is 0.137 e. The van der Waals surface area contributed by atoms with Gasteiger partial charge >= 0.3 is 0 Å². The predicted molar refractivity (Wildman–Crippen MR) is 187 cm³/mol. The first-order valence-corrected chi connectivity index (χ1v) is 15.5. The Kier molecular flexibility index (Phi) is 5.95. The molecule has 0 saturated carbocycles. The summed E-state index contributed by atoms with van der Waals surface area (Å²) in [6.45, 7) is 0. The molecule has 1 aliphatic carbocycles. The minimum Gasteiger partial charge on any atom is -0.456 e. The number of anilines is 5. The maximum Gasteiger partial charge on any atom is 0.137 e. The van der Waals surface area contributed by atoms with Crippen LogP contribution < -0.4 is 9.80 Å². The molecule has 3 nitrogen and oxygen atoms in total. The van der Waals surface area contributed by atoms with Gasteiger partial charge in [0.2, 0.25) is 0 Å². The topological polar surface area (TPSA) is 19.6 Å². The number of nitrogens with zero attached hydrogens (tertiary/aromatic N) is 2. The van der Waals surface area contributed by atoms with Crippen molar-refractivity contribution in [3.8, 4) is 11.1 Å². The second-order valence-electron chi connectivity index (χ2n) is 11.8. The van der Waals surface area contributed by atoms with Crippen LogP contribution in [0.3, 0.4) is 0 Å². The Labute approximate surface area is 262 Å². The fraction of sp³-hybridized carbons (Fsp3) is 0.0476. The molecule has 0 bridgehead atoms. The second kappa shape index (κ2) is 10.4. The van der Waals surface area contributed by atoms with Crippen molar-refractivity contribution in [1.82, 2.24) is 0 Å². The Morgan fingerprint density at radius 3 is 2.00 bits per heavy atom. The number of rotatable bonds is 5. The zero-order chi connectivity index (χ0) is 29.7. The molecule has 3 heteroatoms. The van der Waals surface area contributed by atoms with Crippen LogP contribution in [-0.2, 0) is 0 Å². The summed E-state index contributed by atoms with van der Waals surface area (Å²) in [6, 6.07) is 52.2. The van der Waals surface area contributed by atoms with E-state index < -0.39 is 0 Å². The molecule has 0 fully saturated rings. The summed E-state index contributed by atoms with van der Waals surface area (Å²) in [5, 5.41) is 2.26. The van der Waals surface area contributed by atoms with E-state index in [1.807, 2.05) is 12.1 Å². The molecule has 1 aromatic heterocycles. The Bertz CT molecular complexity index is 2230. The van der Waals surface area contributed by atoms with Crippen LogP contribution in [-0.4, -0.2) is 6.04 Å². The van der Waals surface area contributed by atoms with Gasteiger partial charge in [-0.05, 0) is 77.4 Å². The van der Waals surface area contributed by atoms with E-state index in [4.69, 9.17) is 4.42 Å². The molecule has 2 atom stereocenters. The summed E-state index contributed by atoms with van der Waals surface area (Å²) in [4.78, 5) is 4.79. The van der Waals surface area contributed by atoms with Crippen molar-refractivity contribution in [3.05, 3.63) is 175 Å². The Hall–Kier alpha value is -5.80. The van der Waals surface area contributed by atoms with Crippen molar-refractivity contribution in [1.29, 1.82) is 0 Å². The minimum atomic E-state index is 0.273. The zero-order valence-electron chi connectivity index (χ0n) is 24.6. The Morgan fingerprint density at radius 1 is 0.511 bits per heavy atom. The van der Waals surface area contributed by atoms with Gasteiger partial charge in [0.1, 0.15) is 11.2 Å². The van der Waals surface area contributed by atoms with Gasteiger partial charge in [-0.2, -0.15) is 0 Å². The van der Waals surface area contributed by atoms with Gasteiger partial charge in [0.05, 0.1) is 6.04 Å². The van der Waals surface area contributed by atoms with E-state index in [0.717, 1.165) is 39.0 Å². The average Bonchev–Trinajstić information content (AvgIpc) is 3.65. The molecule has 0 spiro atoms. The highest BCUT2D eigenvalue weighted by molar-refractivity contribution is 6.06. The summed E-state index contributed by atoms with van der Waals surface area (Å²) >= 11 is 0. The lowest BCUT2D eigenvalue weighted by atomic mass is 9.91. The molecule has 0 N–H and O–H groups in total. The first-order chi connectivity index (χ1) is 22.3. The maximum atomic E-state index is 6.32. The molecular formula is C42H30N2O. The first kappa shape index (κ1) is 25.7. The van der Waals surface area contributed by atoms with E-state index >= 15 is 0 Å². The maximum absolute atomic E-state index is 6.32. The number of allylic oxidation sites excluding steroid dienone is 2. The summed E-state index contributed by atoms with van der Waals surface area (Å²) in [5.41, 5.74) is 11.3. The highest BCUT2D eigenvalue weighted by Crippen LogP contribution is 2.48. The van der Waals surface area contributed by atoms with Gasteiger partial charge in [-0.1, -0.05) is 103 Å². The fourth-order valence-electron chi connectivity index (χ4n) is 7.09. The van der Waals surface area contributed by atoms with E-state index in [-0.39, 0.29) is 6.04 Å². The van der Waals surface area contributed by atoms with Crippen LogP contribution in [0.25, 0.3) is 33.1 Å². The molecule has 2 unspecified atom stereocenters. The molecule has 0 amide bonds. The summed E-state index contributed by atoms with van der Waals surface area (Å²) < 4.78 is 6.32. The molecule has 7 aromatic rings. The molecule has 0 radical (unpaired) electrons. The third-order valence-electron chi connectivity index (χ3n) is 9.20. The lowest BCUT2D eigenvalue weighted by Gasteiger charge is -2.30. The monoisotopic (exact) mass is 578 g/mol. The fourth-order valence-corrected chi connectivity index (χ4v) is 7.09. The molecule has 6 aromatic carbocycles. The van der Waals surface area contributed by atoms with Crippen molar-refractivity contribution in [2.24, 2.45) is 0 Å². The van der Waals surface area contributed by atoms with Crippen molar-refractivity contribution >= 4 is 50.4 Å². The molecule has 1 aliphatic heterocycles. The van der Waals surface area contributed by atoms with Crippen LogP contribution in [0, 0.1) is 0 Å². The molecule has 2 heterocycles. The van der Waals surface area contributed by atoms with Gasteiger partial charge in [0.15, 0.2) is 0 Å². The van der Waals surface area contributed by atoms with Crippen LogP contribution in [0.4, 0.5) is 28.4 Å². The van der Waals surface area contributed by atoms with Crippen LogP contribution in [0.1, 0.15) is 11.5 Å². The van der Waals surface area contributed by atoms with Gasteiger partial charge in [-0.3, -0.25) is 0 Å². The molecule has 45 heavy (non-hydrogen) atoms. The van der Waals surface area contributed by atoms with E-state index in [2.05, 4.69) is 168 Å². The average molecular weight is 579 g/mol. The summed E-state index contributed by atoms with van der Waals surface area (Å²) in [5.74, 6) is 0.362. The number of furan rings is 1. The quantitative estimate of drug-likeness (QED) is 0.203. The van der Waals surface area contributed by atoms with Crippen LogP contribution in [0.5, 0.6) is 0 Å². The highest BCUT2D eigenvalue weighted by Gasteiger charge is 2.37. The van der Waals surface area contributed by atoms with E-state index in [9.17, 15) is 0 Å². The number of para-hydroxylation sites is 2. The van der Waals surface area contributed by atoms with Gasteiger partial charge in [0, 0.05) is 51.2 Å². The number of benzene rings is 6. The van der Waals surface area contributed by atoms with Crippen molar-refractivity contribution < 1.29 is 4.42 Å². The highest BCUT2D eigenvalue weighted by atomic mass is 16.3. The van der Waals surface area contributed by atoms with E-state index in [0.29, 0.717) is 5.92 Å². The lowest BCUT2D eigenvalue weighted by Crippen LogP contribution is -2.28. The molecule has 9 rings (SSSR count). The van der Waals surface area contributed by atoms with Gasteiger partial charge in [-0.15, -0.1) is 0 Å². The van der Waals surface area contributed by atoms with Crippen molar-refractivity contribution in [2.75, 3.05) is 9.80 Å². The zero-order valence-corrected chi connectivity index (χ0v) is 24.6. The first-order valence-electron chi connectivity index (χ1n) is 15.5. The minimum absolute atomic E-state index is 0.273. The summed E-state index contributed by atoms with van der Waals surface area (Å²) in [6.07, 6.45) is 8.99. The Balaban J connectivity index is 1.14. The number of hydrogen-bond acceptors (Lipinski definition) is 3. The van der Waals surface area contributed by atoms with Gasteiger partial charge < -0.3 is 14.2 Å². The van der Waals surface area contributed by atoms with E-state index in [1.54, 1.807) is 0 Å². The number of hydrogen-bond donors (Lipinski definition) is 0. The van der Waals surface area contributed by atoms with Gasteiger partial charge in [-0.25, -0.2) is 0 Å². The predicted octanol–water partition coefficient (Wildman–Crippen LogP) is 11.5. The van der Waals surface area contributed by atoms with Gasteiger partial charge in [0.25, 0.3) is 0 Å². The van der Waals surface area contributed by atoms with Crippen molar-refractivity contribution in [2.45, 2.75) is 12.0 Å².